The third-order valence-electron chi connectivity index (χ3n) is 2.74. The van der Waals surface area contributed by atoms with Crippen molar-refractivity contribution in [2.24, 2.45) is 5.10 Å². The Hall–Kier alpha value is -3.03. The summed E-state index contributed by atoms with van der Waals surface area (Å²) in [5, 5.41) is 21.1. The van der Waals surface area contributed by atoms with Gasteiger partial charge in [-0.25, -0.2) is 5.43 Å². The fourth-order valence-electron chi connectivity index (χ4n) is 1.64. The van der Waals surface area contributed by atoms with Crippen molar-refractivity contribution in [3.63, 3.8) is 0 Å². The molecule has 108 valence electrons. The van der Waals surface area contributed by atoms with Crippen LogP contribution in [0.3, 0.4) is 0 Å². The zero-order chi connectivity index (χ0) is 15.4. The number of hydrazone groups is 1. The van der Waals surface area contributed by atoms with E-state index in [1.54, 1.807) is 32.0 Å². The van der Waals surface area contributed by atoms with Crippen LogP contribution in [0.15, 0.2) is 35.4 Å². The maximum Gasteiger partial charge on any atom is 0.291 e. The molecule has 0 saturated heterocycles. The largest absolute Gasteiger partial charge is 0.291 e. The maximum atomic E-state index is 11.8. The summed E-state index contributed by atoms with van der Waals surface area (Å²) in [5.41, 5.74) is 4.33. The average molecular weight is 287 g/mol. The van der Waals surface area contributed by atoms with Crippen molar-refractivity contribution in [1.29, 1.82) is 0 Å². The van der Waals surface area contributed by atoms with Gasteiger partial charge in [0.2, 0.25) is 0 Å². The molecule has 2 N–H and O–H groups in total. The summed E-state index contributed by atoms with van der Waals surface area (Å²) in [4.78, 5) is 22.0. The lowest BCUT2D eigenvalue weighted by molar-refractivity contribution is -0.384. The smallest absolute Gasteiger partial charge is 0.282 e. The van der Waals surface area contributed by atoms with E-state index in [1.807, 2.05) is 0 Å². The third-order valence-corrected chi connectivity index (χ3v) is 2.74. The lowest BCUT2D eigenvalue weighted by atomic mass is 10.1. The van der Waals surface area contributed by atoms with E-state index in [4.69, 9.17) is 0 Å². The zero-order valence-corrected chi connectivity index (χ0v) is 11.5. The fraction of sp³-hybridized carbons (Fsp3) is 0.154. The SMILES string of the molecule is C/C(=N/NC(=O)c1cc(C)[nH]n1)c1cccc([N+](=O)[O-])c1. The van der Waals surface area contributed by atoms with Gasteiger partial charge >= 0.3 is 0 Å². The Kier molecular flexibility index (Phi) is 4.07. The predicted octanol–water partition coefficient (Wildman–Crippen LogP) is 1.78. The molecule has 2 rings (SSSR count). The number of nitrogens with one attached hydrogen (secondary N) is 2. The molecule has 0 bridgehead atoms. The monoisotopic (exact) mass is 287 g/mol. The first-order chi connectivity index (χ1) is 9.97. The van der Waals surface area contributed by atoms with E-state index in [0.717, 1.165) is 5.69 Å². The van der Waals surface area contributed by atoms with Gasteiger partial charge in [-0.05, 0) is 19.9 Å². The van der Waals surface area contributed by atoms with Gasteiger partial charge in [-0.3, -0.25) is 20.0 Å². The minimum absolute atomic E-state index is 0.0312. The van der Waals surface area contributed by atoms with Gasteiger partial charge in [0, 0.05) is 23.4 Å². The van der Waals surface area contributed by atoms with E-state index >= 15 is 0 Å². The highest BCUT2D eigenvalue weighted by atomic mass is 16.6. The van der Waals surface area contributed by atoms with E-state index in [9.17, 15) is 14.9 Å². The summed E-state index contributed by atoms with van der Waals surface area (Å²) >= 11 is 0. The molecule has 2 aromatic rings. The first kappa shape index (κ1) is 14.4. The Labute approximate surface area is 120 Å². The van der Waals surface area contributed by atoms with Crippen LogP contribution in [0.4, 0.5) is 5.69 Å². The topological polar surface area (TPSA) is 113 Å². The lowest BCUT2D eigenvalue weighted by Gasteiger charge is -2.01. The van der Waals surface area contributed by atoms with Crippen LogP contribution in [0.25, 0.3) is 0 Å². The predicted molar refractivity (Wildman–Crippen MR) is 76.1 cm³/mol. The van der Waals surface area contributed by atoms with E-state index in [2.05, 4.69) is 20.7 Å². The quantitative estimate of drug-likeness (QED) is 0.506. The highest BCUT2D eigenvalue weighted by Crippen LogP contribution is 2.13. The number of carbonyl (C=O) groups is 1. The molecule has 21 heavy (non-hydrogen) atoms. The van der Waals surface area contributed by atoms with Crippen LogP contribution in [-0.2, 0) is 0 Å². The van der Waals surface area contributed by atoms with Crippen molar-refractivity contribution >= 4 is 17.3 Å². The van der Waals surface area contributed by atoms with E-state index in [0.29, 0.717) is 11.3 Å². The molecule has 0 radical (unpaired) electrons. The van der Waals surface area contributed by atoms with E-state index in [-0.39, 0.29) is 11.4 Å². The summed E-state index contributed by atoms with van der Waals surface area (Å²) in [7, 11) is 0. The van der Waals surface area contributed by atoms with Gasteiger partial charge in [0.1, 0.15) is 0 Å². The van der Waals surface area contributed by atoms with Crippen molar-refractivity contribution in [2.45, 2.75) is 13.8 Å². The van der Waals surface area contributed by atoms with Crippen LogP contribution in [0.2, 0.25) is 0 Å². The van der Waals surface area contributed by atoms with Crippen LogP contribution in [0.1, 0.15) is 28.7 Å². The molecule has 0 atom stereocenters. The molecule has 0 unspecified atom stereocenters. The fourth-order valence-corrected chi connectivity index (χ4v) is 1.64. The van der Waals surface area contributed by atoms with Crippen LogP contribution < -0.4 is 5.43 Å². The molecule has 1 aromatic heterocycles. The maximum absolute atomic E-state index is 11.8. The molecule has 0 aliphatic rings. The highest BCUT2D eigenvalue weighted by molar-refractivity contribution is 6.00. The minimum Gasteiger partial charge on any atom is -0.282 e. The summed E-state index contributed by atoms with van der Waals surface area (Å²) in [5.74, 6) is -0.455. The molecule has 0 spiro atoms. The molecule has 0 saturated carbocycles. The first-order valence-corrected chi connectivity index (χ1v) is 6.09. The van der Waals surface area contributed by atoms with Crippen LogP contribution in [0.5, 0.6) is 0 Å². The van der Waals surface area contributed by atoms with Gasteiger partial charge in [0.05, 0.1) is 10.6 Å². The molecule has 0 aliphatic carbocycles. The summed E-state index contributed by atoms with van der Waals surface area (Å²) in [6, 6.07) is 7.61. The number of carbonyl (C=O) groups excluding carboxylic acids is 1. The second-order valence-corrected chi connectivity index (χ2v) is 4.38. The second-order valence-electron chi connectivity index (χ2n) is 4.38. The Morgan fingerprint density at radius 3 is 2.81 bits per heavy atom. The Morgan fingerprint density at radius 1 is 1.43 bits per heavy atom. The summed E-state index contributed by atoms with van der Waals surface area (Å²) < 4.78 is 0. The van der Waals surface area contributed by atoms with Crippen molar-refractivity contribution < 1.29 is 9.72 Å². The van der Waals surface area contributed by atoms with E-state index in [1.165, 1.54) is 12.1 Å². The first-order valence-electron chi connectivity index (χ1n) is 6.09. The van der Waals surface area contributed by atoms with Gasteiger partial charge in [-0.1, -0.05) is 12.1 Å². The molecule has 8 heteroatoms. The highest BCUT2D eigenvalue weighted by Gasteiger charge is 2.10. The van der Waals surface area contributed by atoms with Gasteiger partial charge in [-0.2, -0.15) is 10.2 Å². The zero-order valence-electron chi connectivity index (χ0n) is 11.5. The average Bonchev–Trinajstić information content (AvgIpc) is 2.91. The third kappa shape index (κ3) is 3.50. The Balaban J connectivity index is 2.12. The minimum atomic E-state index is -0.484. The normalized spacial score (nSPS) is 11.2. The number of aromatic amines is 1. The number of nitrogens with zero attached hydrogens (tertiary/aromatic N) is 3. The molecule has 1 amide bonds. The lowest BCUT2D eigenvalue weighted by Crippen LogP contribution is -2.19. The molecule has 0 aliphatic heterocycles. The number of nitro benzene ring substituents is 1. The van der Waals surface area contributed by atoms with Crippen LogP contribution in [-0.4, -0.2) is 26.7 Å². The Morgan fingerprint density at radius 2 is 2.19 bits per heavy atom. The number of non-ortho nitro benzene ring substituents is 1. The molecule has 0 fully saturated rings. The number of hydrogen-bond donors (Lipinski definition) is 2. The number of hydrogen-bond acceptors (Lipinski definition) is 5. The van der Waals surface area contributed by atoms with Crippen molar-refractivity contribution in [1.82, 2.24) is 15.6 Å². The number of amides is 1. The van der Waals surface area contributed by atoms with E-state index < -0.39 is 10.8 Å². The molecule has 8 nitrogen and oxygen atoms in total. The number of rotatable bonds is 4. The molecular formula is C13H13N5O3. The second kappa shape index (κ2) is 5.95. The molecule has 1 heterocycles. The number of benzene rings is 1. The van der Waals surface area contributed by atoms with Gasteiger partial charge in [0.25, 0.3) is 11.6 Å². The number of H-pyrrole nitrogens is 1. The van der Waals surface area contributed by atoms with Crippen LogP contribution >= 0.6 is 0 Å². The summed E-state index contributed by atoms with van der Waals surface area (Å²) in [6.45, 7) is 3.43. The Bertz CT molecular complexity index is 720. The number of aromatic nitrogens is 2. The van der Waals surface area contributed by atoms with Gasteiger partial charge in [0.15, 0.2) is 5.69 Å². The van der Waals surface area contributed by atoms with Gasteiger partial charge < -0.3 is 0 Å². The van der Waals surface area contributed by atoms with Crippen molar-refractivity contribution in [2.75, 3.05) is 0 Å². The van der Waals surface area contributed by atoms with Crippen LogP contribution in [0, 0.1) is 17.0 Å². The number of nitro groups is 1. The standard InChI is InChI=1S/C13H13N5O3/c1-8-6-12(16-14-8)13(19)17-15-9(2)10-4-3-5-11(7-10)18(20)21/h3-7H,1-2H3,(H,14,16)(H,17,19)/b15-9-. The number of aryl methyl sites for hydroxylation is 1. The van der Waals surface area contributed by atoms with Gasteiger partial charge in [-0.15, -0.1) is 0 Å². The van der Waals surface area contributed by atoms with Crippen molar-refractivity contribution in [3.05, 3.63) is 57.4 Å². The summed E-state index contributed by atoms with van der Waals surface area (Å²) in [6.07, 6.45) is 0. The molecular weight excluding hydrogens is 274 g/mol. The molecule has 1 aromatic carbocycles. The van der Waals surface area contributed by atoms with Crippen molar-refractivity contribution in [3.8, 4) is 0 Å².